The molecular formula is C10H8. The molecule has 5 bridgehead atoms. The fourth-order valence-corrected chi connectivity index (χ4v) is 3.17. The Kier molecular flexibility index (Phi) is 0.362. The summed E-state index contributed by atoms with van der Waals surface area (Å²) in [5.74, 6) is 0. The molecular weight excluding hydrogens is 120 g/mol. The summed E-state index contributed by atoms with van der Waals surface area (Å²) >= 11 is 0. The molecule has 1 aromatic carbocycles. The molecule has 5 aliphatic rings. The molecule has 10 heavy (non-hydrogen) atoms. The van der Waals surface area contributed by atoms with Crippen molar-refractivity contribution in [3.05, 3.63) is 34.4 Å². The summed E-state index contributed by atoms with van der Waals surface area (Å²) in [5.41, 5.74) is 7.38. The van der Waals surface area contributed by atoms with Crippen molar-refractivity contribution in [3.63, 3.8) is 0 Å². The predicted molar refractivity (Wildman–Crippen MR) is 39.2 cm³/mol. The van der Waals surface area contributed by atoms with E-state index >= 15 is 0 Å². The molecule has 0 saturated carbocycles. The van der Waals surface area contributed by atoms with Crippen LogP contribution < -0.4 is 0 Å². The van der Waals surface area contributed by atoms with Crippen LogP contribution in [0.4, 0.5) is 0 Å². The molecule has 0 radical (unpaired) electrons. The predicted octanol–water partition coefficient (Wildman–Crippen LogP) is 1.59. The van der Waals surface area contributed by atoms with Gasteiger partial charge in [-0.2, -0.15) is 0 Å². The lowest BCUT2D eigenvalue weighted by Crippen LogP contribution is -2.39. The van der Waals surface area contributed by atoms with Gasteiger partial charge in [0.2, 0.25) is 0 Å². The highest BCUT2D eigenvalue weighted by Crippen LogP contribution is 2.58. The summed E-state index contributed by atoms with van der Waals surface area (Å²) in [7, 11) is 0. The van der Waals surface area contributed by atoms with Gasteiger partial charge < -0.3 is 0 Å². The largest absolute Gasteiger partial charge is 0.0552 e. The summed E-state index contributed by atoms with van der Waals surface area (Å²) in [5, 5.41) is 0. The SMILES string of the molecule is c1c2c3cc4c1CC4(C2)C3. The van der Waals surface area contributed by atoms with Crippen molar-refractivity contribution >= 4 is 0 Å². The van der Waals surface area contributed by atoms with Gasteiger partial charge in [0.15, 0.2) is 0 Å². The lowest BCUT2D eigenvalue weighted by molar-refractivity contribution is 0.392. The first kappa shape index (κ1) is 4.17. The van der Waals surface area contributed by atoms with E-state index in [1.54, 1.807) is 22.3 Å². The second kappa shape index (κ2) is 0.868. The quantitative estimate of drug-likeness (QED) is 0.497. The lowest BCUT2D eigenvalue weighted by atomic mass is 9.62. The van der Waals surface area contributed by atoms with Gasteiger partial charge in [0.25, 0.3) is 0 Å². The van der Waals surface area contributed by atoms with Crippen LogP contribution in [0.15, 0.2) is 12.1 Å². The van der Waals surface area contributed by atoms with Crippen molar-refractivity contribution in [1.82, 2.24) is 0 Å². The van der Waals surface area contributed by atoms with Gasteiger partial charge in [0.05, 0.1) is 0 Å². The fourth-order valence-electron chi connectivity index (χ4n) is 3.17. The third-order valence-corrected chi connectivity index (χ3v) is 3.58. The molecule has 1 atom stereocenters. The van der Waals surface area contributed by atoms with Gasteiger partial charge in [-0.15, -0.1) is 0 Å². The fraction of sp³-hybridized carbons (Fsp3) is 0.400. The lowest BCUT2D eigenvalue weighted by Gasteiger charge is -2.41. The van der Waals surface area contributed by atoms with Crippen molar-refractivity contribution in [1.29, 1.82) is 0 Å². The van der Waals surface area contributed by atoms with Crippen LogP contribution in [-0.2, 0) is 24.7 Å². The third-order valence-electron chi connectivity index (χ3n) is 3.58. The van der Waals surface area contributed by atoms with E-state index < -0.39 is 0 Å². The Hall–Kier alpha value is -0.780. The van der Waals surface area contributed by atoms with Gasteiger partial charge >= 0.3 is 0 Å². The van der Waals surface area contributed by atoms with Crippen LogP contribution >= 0.6 is 0 Å². The highest BCUT2D eigenvalue weighted by atomic mass is 14.6. The Morgan fingerprint density at radius 3 is 2.10 bits per heavy atom. The normalized spacial score (nSPS) is 35.2. The first-order valence-corrected chi connectivity index (χ1v) is 4.03. The van der Waals surface area contributed by atoms with E-state index in [-0.39, 0.29) is 0 Å². The second-order valence-corrected chi connectivity index (χ2v) is 4.09. The standard InChI is InChI=1S/C10H8/c1-6-3-10-4-7(6)2-9(10)8(1)5-10/h1-2H,3-5H2. The van der Waals surface area contributed by atoms with E-state index in [2.05, 4.69) is 12.1 Å². The van der Waals surface area contributed by atoms with Gasteiger partial charge in [-0.3, -0.25) is 0 Å². The van der Waals surface area contributed by atoms with Crippen LogP contribution in [0.3, 0.4) is 0 Å². The molecule has 0 heterocycles. The van der Waals surface area contributed by atoms with E-state index in [9.17, 15) is 0 Å². The van der Waals surface area contributed by atoms with Crippen molar-refractivity contribution in [2.75, 3.05) is 0 Å². The van der Waals surface area contributed by atoms with E-state index in [0.29, 0.717) is 5.41 Å². The third kappa shape index (κ3) is 0.213. The molecule has 0 heteroatoms. The minimum Gasteiger partial charge on any atom is -0.0552 e. The highest BCUT2D eigenvalue weighted by molar-refractivity contribution is 5.63. The molecule has 0 fully saturated rings. The van der Waals surface area contributed by atoms with Crippen LogP contribution in [-0.4, -0.2) is 0 Å². The molecule has 1 unspecified atom stereocenters. The van der Waals surface area contributed by atoms with Crippen molar-refractivity contribution < 1.29 is 0 Å². The summed E-state index contributed by atoms with van der Waals surface area (Å²) in [6.45, 7) is 0. The second-order valence-electron chi connectivity index (χ2n) is 4.09. The van der Waals surface area contributed by atoms with Gasteiger partial charge in [0, 0.05) is 5.41 Å². The zero-order valence-electron chi connectivity index (χ0n) is 5.78. The Labute approximate surface area is 59.9 Å². The first-order valence-electron chi connectivity index (χ1n) is 4.03. The molecule has 0 aromatic heterocycles. The summed E-state index contributed by atoms with van der Waals surface area (Å²) in [6, 6.07) is 4.87. The molecule has 0 N–H and O–H groups in total. The van der Waals surface area contributed by atoms with Crippen molar-refractivity contribution in [2.24, 2.45) is 0 Å². The Balaban J connectivity index is 2.40. The van der Waals surface area contributed by atoms with Crippen LogP contribution in [0.5, 0.6) is 0 Å². The molecule has 0 aliphatic heterocycles. The molecule has 6 rings (SSSR count). The minimum absolute atomic E-state index is 0.689. The Bertz CT molecular complexity index is 363. The van der Waals surface area contributed by atoms with E-state index in [0.717, 1.165) is 0 Å². The van der Waals surface area contributed by atoms with Gasteiger partial charge in [0.1, 0.15) is 0 Å². The number of hydrogen-bond acceptors (Lipinski definition) is 0. The number of hydrogen-bond donors (Lipinski definition) is 0. The number of benzene rings is 1. The van der Waals surface area contributed by atoms with E-state index in [1.165, 1.54) is 19.3 Å². The highest BCUT2D eigenvalue weighted by Gasteiger charge is 2.52. The number of rotatable bonds is 0. The smallest absolute Gasteiger partial charge is 0.00771 e. The molecule has 48 valence electrons. The average Bonchev–Trinajstić information content (AvgIpc) is 2.32. The van der Waals surface area contributed by atoms with Crippen LogP contribution in [0.1, 0.15) is 22.3 Å². The van der Waals surface area contributed by atoms with E-state index in [1.807, 2.05) is 0 Å². The van der Waals surface area contributed by atoms with Crippen LogP contribution in [0.25, 0.3) is 0 Å². The van der Waals surface area contributed by atoms with Crippen molar-refractivity contribution in [2.45, 2.75) is 24.7 Å². The Morgan fingerprint density at radius 2 is 1.60 bits per heavy atom. The maximum Gasteiger partial charge on any atom is 0.00771 e. The first-order chi connectivity index (χ1) is 4.87. The maximum absolute atomic E-state index is 2.44. The zero-order chi connectivity index (χ0) is 6.34. The summed E-state index contributed by atoms with van der Waals surface area (Å²) in [4.78, 5) is 0. The van der Waals surface area contributed by atoms with Crippen molar-refractivity contribution in [3.8, 4) is 0 Å². The van der Waals surface area contributed by atoms with Gasteiger partial charge in [-0.25, -0.2) is 0 Å². The summed E-state index contributed by atoms with van der Waals surface area (Å²) < 4.78 is 0. The molecule has 1 spiro atoms. The zero-order valence-corrected chi connectivity index (χ0v) is 5.78. The molecule has 1 aromatic rings. The molecule has 0 saturated heterocycles. The maximum atomic E-state index is 2.44. The molecule has 0 nitrogen and oxygen atoms in total. The average molecular weight is 128 g/mol. The van der Waals surface area contributed by atoms with E-state index in [4.69, 9.17) is 0 Å². The monoisotopic (exact) mass is 128 g/mol. The van der Waals surface area contributed by atoms with Gasteiger partial charge in [-0.1, -0.05) is 12.1 Å². The van der Waals surface area contributed by atoms with Crippen LogP contribution in [0, 0.1) is 0 Å². The topological polar surface area (TPSA) is 0 Å². The summed E-state index contributed by atoms with van der Waals surface area (Å²) in [6.07, 6.45) is 4.17. The van der Waals surface area contributed by atoms with Crippen LogP contribution in [0.2, 0.25) is 0 Å². The van der Waals surface area contributed by atoms with Gasteiger partial charge in [-0.05, 0) is 41.5 Å². The minimum atomic E-state index is 0.689. The Morgan fingerprint density at radius 1 is 0.900 bits per heavy atom. The molecule has 0 amide bonds. The molecule has 5 aliphatic carbocycles.